The Hall–Kier alpha value is -2.57. The Bertz CT molecular complexity index is 1370. The molecule has 4 nitrogen and oxygen atoms in total. The van der Waals surface area contributed by atoms with E-state index in [4.69, 9.17) is 9.72 Å². The summed E-state index contributed by atoms with van der Waals surface area (Å²) < 4.78 is 7.12. The second kappa shape index (κ2) is 9.23. The number of ether oxygens (including phenoxy) is 1. The average Bonchev–Trinajstić information content (AvgIpc) is 3.21. The number of hydrogen-bond acceptors (Lipinski definition) is 5. The first kappa shape index (κ1) is 23.2. The number of fused-ring (bicyclic) bond motifs is 3. The summed E-state index contributed by atoms with van der Waals surface area (Å²) in [6.45, 7) is 6.97. The zero-order chi connectivity index (χ0) is 23.9. The summed E-state index contributed by atoms with van der Waals surface area (Å²) in [5.41, 5.74) is 3.55. The van der Waals surface area contributed by atoms with Gasteiger partial charge in [-0.25, -0.2) is 4.98 Å². The van der Waals surface area contributed by atoms with Crippen LogP contribution in [-0.4, -0.2) is 16.7 Å². The van der Waals surface area contributed by atoms with Gasteiger partial charge in [-0.15, -0.1) is 11.3 Å². The minimum atomic E-state index is 0.0393. The van der Waals surface area contributed by atoms with Crippen LogP contribution in [0.3, 0.4) is 0 Å². The fourth-order valence-corrected chi connectivity index (χ4v) is 7.03. The molecule has 0 unspecified atom stereocenters. The van der Waals surface area contributed by atoms with E-state index in [1.807, 2.05) is 42.5 Å². The monoisotopic (exact) mass is 490 g/mol. The number of rotatable bonds is 5. The van der Waals surface area contributed by atoms with Crippen molar-refractivity contribution in [3.63, 3.8) is 0 Å². The third kappa shape index (κ3) is 4.41. The Morgan fingerprint density at radius 1 is 1.12 bits per heavy atom. The van der Waals surface area contributed by atoms with Gasteiger partial charge in [0.2, 0.25) is 0 Å². The van der Waals surface area contributed by atoms with Crippen molar-refractivity contribution >= 4 is 33.3 Å². The second-order valence-electron chi connectivity index (χ2n) is 10.00. The lowest BCUT2D eigenvalue weighted by molar-refractivity contribution is 0.218. The number of nitrogens with zero attached hydrogens (tertiary/aromatic N) is 2. The van der Waals surface area contributed by atoms with Crippen LogP contribution in [0.5, 0.6) is 5.75 Å². The number of methoxy groups -OCH3 is 1. The van der Waals surface area contributed by atoms with Crippen LogP contribution in [-0.2, 0) is 18.6 Å². The van der Waals surface area contributed by atoms with Crippen LogP contribution in [0.15, 0.2) is 64.5 Å². The van der Waals surface area contributed by atoms with Crippen LogP contribution in [0.2, 0.25) is 0 Å². The molecule has 2 aromatic carbocycles. The van der Waals surface area contributed by atoms with Gasteiger partial charge in [0.05, 0.1) is 18.2 Å². The van der Waals surface area contributed by atoms with Gasteiger partial charge in [0.15, 0.2) is 5.16 Å². The van der Waals surface area contributed by atoms with Crippen LogP contribution in [0.4, 0.5) is 0 Å². The summed E-state index contributed by atoms with van der Waals surface area (Å²) in [6, 6.07) is 18.0. The molecular formula is C28H30N2O2S2. The molecule has 1 aliphatic carbocycles. The van der Waals surface area contributed by atoms with Crippen LogP contribution in [0.1, 0.15) is 43.2 Å². The molecule has 0 aliphatic heterocycles. The van der Waals surface area contributed by atoms with Crippen molar-refractivity contribution in [1.29, 1.82) is 0 Å². The van der Waals surface area contributed by atoms with Gasteiger partial charge in [-0.3, -0.25) is 9.36 Å². The molecule has 176 valence electrons. The molecule has 0 fully saturated rings. The van der Waals surface area contributed by atoms with Crippen molar-refractivity contribution in [2.45, 2.75) is 50.9 Å². The van der Waals surface area contributed by atoms with E-state index in [9.17, 15) is 4.79 Å². The zero-order valence-corrected chi connectivity index (χ0v) is 21.8. The summed E-state index contributed by atoms with van der Waals surface area (Å²) >= 11 is 3.33. The smallest absolute Gasteiger partial charge is 0.267 e. The van der Waals surface area contributed by atoms with Crippen LogP contribution in [0.25, 0.3) is 15.9 Å². The molecule has 0 amide bonds. The van der Waals surface area contributed by atoms with E-state index in [1.165, 1.54) is 16.0 Å². The van der Waals surface area contributed by atoms with Crippen LogP contribution in [0, 0.1) is 11.3 Å². The van der Waals surface area contributed by atoms with Gasteiger partial charge >= 0.3 is 0 Å². The Morgan fingerprint density at radius 2 is 1.85 bits per heavy atom. The molecule has 0 radical (unpaired) electrons. The SMILES string of the molecule is COc1ccc(-n2c(SCc3ccccc3)nc3sc4c(c3c2=O)CC[C@H](C(C)(C)C)C4)cc1. The molecular weight excluding hydrogens is 460 g/mol. The number of aryl methyl sites for hydroxylation is 1. The van der Waals surface area contributed by atoms with Crippen molar-refractivity contribution in [2.75, 3.05) is 7.11 Å². The number of aromatic nitrogens is 2. The number of thioether (sulfide) groups is 1. The molecule has 0 bridgehead atoms. The van der Waals surface area contributed by atoms with Gasteiger partial charge in [-0.05, 0) is 66.0 Å². The third-order valence-corrected chi connectivity index (χ3v) is 8.98. The summed E-state index contributed by atoms with van der Waals surface area (Å²) in [7, 11) is 1.65. The lowest BCUT2D eigenvalue weighted by Crippen LogP contribution is -2.27. The highest BCUT2D eigenvalue weighted by Crippen LogP contribution is 2.42. The van der Waals surface area contributed by atoms with Crippen molar-refractivity contribution < 1.29 is 4.74 Å². The topological polar surface area (TPSA) is 44.1 Å². The first-order chi connectivity index (χ1) is 16.3. The molecule has 0 saturated heterocycles. The van der Waals surface area contributed by atoms with Crippen molar-refractivity contribution in [3.05, 3.63) is 81.0 Å². The summed E-state index contributed by atoms with van der Waals surface area (Å²) in [4.78, 5) is 21.3. The van der Waals surface area contributed by atoms with Gasteiger partial charge in [0.25, 0.3) is 5.56 Å². The van der Waals surface area contributed by atoms with Crippen molar-refractivity contribution in [1.82, 2.24) is 9.55 Å². The van der Waals surface area contributed by atoms with E-state index >= 15 is 0 Å². The standard InChI is InChI=1S/C28H30N2O2S2/c1-28(2,3)19-10-15-22-23(16-19)34-25-24(22)26(31)30(20-11-13-21(32-4)14-12-20)27(29-25)33-17-18-8-6-5-7-9-18/h5-9,11-14,19H,10,15-17H2,1-4H3/t19-/m0/s1. The molecule has 5 rings (SSSR count). The molecule has 2 aromatic heterocycles. The summed E-state index contributed by atoms with van der Waals surface area (Å²) in [5, 5.41) is 1.55. The number of benzene rings is 2. The second-order valence-corrected chi connectivity index (χ2v) is 12.0. The maximum Gasteiger partial charge on any atom is 0.267 e. The minimum absolute atomic E-state index is 0.0393. The van der Waals surface area contributed by atoms with Gasteiger partial charge < -0.3 is 4.74 Å². The highest BCUT2D eigenvalue weighted by atomic mass is 32.2. The molecule has 0 spiro atoms. The highest BCUT2D eigenvalue weighted by Gasteiger charge is 2.32. The predicted octanol–water partition coefficient (Wildman–Crippen LogP) is 6.90. The molecule has 0 saturated carbocycles. The largest absolute Gasteiger partial charge is 0.497 e. The molecule has 6 heteroatoms. The fraction of sp³-hybridized carbons (Fsp3) is 0.357. The third-order valence-electron chi connectivity index (χ3n) is 6.82. The van der Waals surface area contributed by atoms with Gasteiger partial charge in [0.1, 0.15) is 10.6 Å². The minimum Gasteiger partial charge on any atom is -0.497 e. The van der Waals surface area contributed by atoms with Crippen LogP contribution < -0.4 is 10.3 Å². The lowest BCUT2D eigenvalue weighted by Gasteiger charge is -2.33. The average molecular weight is 491 g/mol. The Labute approximate surface area is 209 Å². The molecule has 1 atom stereocenters. The molecule has 2 heterocycles. The lowest BCUT2D eigenvalue weighted by atomic mass is 9.72. The fourth-order valence-electron chi connectivity index (χ4n) is 4.72. The Morgan fingerprint density at radius 3 is 2.53 bits per heavy atom. The quantitative estimate of drug-likeness (QED) is 0.225. The number of hydrogen-bond donors (Lipinski definition) is 0. The van der Waals surface area contributed by atoms with E-state index in [0.29, 0.717) is 5.92 Å². The molecule has 34 heavy (non-hydrogen) atoms. The van der Waals surface area contributed by atoms with Crippen molar-refractivity contribution in [3.8, 4) is 11.4 Å². The van der Waals surface area contributed by atoms with E-state index in [1.54, 1.807) is 34.8 Å². The van der Waals surface area contributed by atoms with E-state index in [-0.39, 0.29) is 11.0 Å². The van der Waals surface area contributed by atoms with Gasteiger partial charge in [-0.2, -0.15) is 0 Å². The van der Waals surface area contributed by atoms with Crippen LogP contribution >= 0.6 is 23.1 Å². The molecule has 4 aromatic rings. The van der Waals surface area contributed by atoms with Crippen molar-refractivity contribution in [2.24, 2.45) is 11.3 Å². The van der Waals surface area contributed by atoms with E-state index in [0.717, 1.165) is 51.8 Å². The molecule has 1 aliphatic rings. The Balaban J connectivity index is 1.63. The first-order valence-corrected chi connectivity index (χ1v) is 13.5. The van der Waals surface area contributed by atoms with E-state index < -0.39 is 0 Å². The summed E-state index contributed by atoms with van der Waals surface area (Å²) in [5.74, 6) is 2.15. The van der Waals surface area contributed by atoms with E-state index in [2.05, 4.69) is 32.9 Å². The Kier molecular flexibility index (Phi) is 6.30. The normalized spacial score (nSPS) is 15.9. The van der Waals surface area contributed by atoms with Gasteiger partial charge in [0, 0.05) is 10.6 Å². The predicted molar refractivity (Wildman–Crippen MR) is 143 cm³/mol. The maximum atomic E-state index is 14.0. The maximum absolute atomic E-state index is 14.0. The first-order valence-electron chi connectivity index (χ1n) is 11.7. The number of thiophene rings is 1. The molecule has 0 N–H and O–H groups in total. The summed E-state index contributed by atoms with van der Waals surface area (Å²) in [6.07, 6.45) is 3.11. The van der Waals surface area contributed by atoms with Gasteiger partial charge in [-0.1, -0.05) is 62.9 Å². The highest BCUT2D eigenvalue weighted by molar-refractivity contribution is 7.98. The zero-order valence-electron chi connectivity index (χ0n) is 20.1.